The van der Waals surface area contributed by atoms with Crippen LogP contribution in [0.4, 0.5) is 0 Å². The summed E-state index contributed by atoms with van der Waals surface area (Å²) in [5.74, 6) is 0. The van der Waals surface area contributed by atoms with Gasteiger partial charge in [-0.25, -0.2) is 0 Å². The Balaban J connectivity index is 2.69. The van der Waals surface area contributed by atoms with Crippen LogP contribution >= 0.6 is 15.9 Å². The molecule has 1 rings (SSSR count). The lowest BCUT2D eigenvalue weighted by molar-refractivity contribution is 0.801. The van der Waals surface area contributed by atoms with Crippen molar-refractivity contribution in [1.29, 1.82) is 0 Å². The van der Waals surface area contributed by atoms with Gasteiger partial charge in [-0.1, -0.05) is 34.1 Å². The average molecular weight is 228 g/mol. The lowest BCUT2D eigenvalue weighted by Crippen LogP contribution is -2.09. The van der Waals surface area contributed by atoms with E-state index >= 15 is 0 Å². The van der Waals surface area contributed by atoms with E-state index in [2.05, 4.69) is 53.3 Å². The van der Waals surface area contributed by atoms with Crippen LogP contribution in [0.3, 0.4) is 0 Å². The zero-order valence-corrected chi connectivity index (χ0v) is 9.11. The summed E-state index contributed by atoms with van der Waals surface area (Å²) in [6, 6.07) is 6.56. The van der Waals surface area contributed by atoms with Crippen molar-refractivity contribution in [2.24, 2.45) is 0 Å². The van der Waals surface area contributed by atoms with E-state index in [9.17, 15) is 0 Å². The van der Waals surface area contributed by atoms with Gasteiger partial charge >= 0.3 is 0 Å². The van der Waals surface area contributed by atoms with Crippen LogP contribution in [0.1, 0.15) is 16.7 Å². The summed E-state index contributed by atoms with van der Waals surface area (Å²) in [7, 11) is 0. The van der Waals surface area contributed by atoms with Gasteiger partial charge in [0, 0.05) is 6.54 Å². The van der Waals surface area contributed by atoms with Gasteiger partial charge in [-0.15, -0.1) is 0 Å². The predicted octanol–water partition coefficient (Wildman–Crippen LogP) is 2.75. The quantitative estimate of drug-likeness (QED) is 0.619. The van der Waals surface area contributed by atoms with E-state index in [1.807, 2.05) is 0 Å². The number of hydrogen-bond donors (Lipinski definition) is 1. The zero-order chi connectivity index (χ0) is 8.97. The van der Waals surface area contributed by atoms with Crippen molar-refractivity contribution in [1.82, 2.24) is 5.32 Å². The van der Waals surface area contributed by atoms with Crippen LogP contribution in [0.5, 0.6) is 0 Å². The van der Waals surface area contributed by atoms with Gasteiger partial charge in [0.15, 0.2) is 0 Å². The summed E-state index contributed by atoms with van der Waals surface area (Å²) in [4.78, 5) is 0. The van der Waals surface area contributed by atoms with Crippen LogP contribution in [0.2, 0.25) is 0 Å². The molecule has 0 aliphatic carbocycles. The monoisotopic (exact) mass is 227 g/mol. The fourth-order valence-corrected chi connectivity index (χ4v) is 1.30. The van der Waals surface area contributed by atoms with Gasteiger partial charge in [0.05, 0.1) is 5.45 Å². The number of halogens is 1. The molecule has 0 aliphatic rings. The predicted molar refractivity (Wildman–Crippen MR) is 56.5 cm³/mol. The van der Waals surface area contributed by atoms with Gasteiger partial charge in [-0.05, 0) is 30.5 Å². The number of nitrogens with one attached hydrogen (secondary N) is 1. The Kier molecular flexibility index (Phi) is 3.76. The molecule has 0 aromatic heterocycles. The summed E-state index contributed by atoms with van der Waals surface area (Å²) in [6.45, 7) is 5.22. The Morgan fingerprint density at radius 2 is 2.00 bits per heavy atom. The van der Waals surface area contributed by atoms with E-state index in [1.54, 1.807) is 0 Å². The van der Waals surface area contributed by atoms with Gasteiger partial charge in [0.2, 0.25) is 0 Å². The molecule has 0 saturated heterocycles. The molecule has 12 heavy (non-hydrogen) atoms. The van der Waals surface area contributed by atoms with E-state index in [-0.39, 0.29) is 0 Å². The molecule has 1 nitrogen and oxygen atoms in total. The van der Waals surface area contributed by atoms with Crippen LogP contribution in [-0.4, -0.2) is 5.45 Å². The van der Waals surface area contributed by atoms with Crippen molar-refractivity contribution in [2.45, 2.75) is 20.4 Å². The van der Waals surface area contributed by atoms with E-state index in [4.69, 9.17) is 0 Å². The standard InChI is InChI=1S/C10H14BrN/c1-8-3-4-10(5-9(8)2)6-12-7-11/h3-5,12H,6-7H2,1-2H3. The van der Waals surface area contributed by atoms with Crippen molar-refractivity contribution in [2.75, 3.05) is 5.45 Å². The summed E-state index contributed by atoms with van der Waals surface area (Å²) < 4.78 is 0. The highest BCUT2D eigenvalue weighted by Gasteiger charge is 1.94. The Morgan fingerprint density at radius 3 is 2.58 bits per heavy atom. The van der Waals surface area contributed by atoms with Crippen LogP contribution in [0.25, 0.3) is 0 Å². The lowest BCUT2D eigenvalue weighted by Gasteiger charge is -2.04. The fourth-order valence-electron chi connectivity index (χ4n) is 1.11. The van der Waals surface area contributed by atoms with E-state index in [0.29, 0.717) is 0 Å². The molecule has 0 heterocycles. The highest BCUT2D eigenvalue weighted by molar-refractivity contribution is 9.09. The molecule has 0 amide bonds. The second-order valence-electron chi connectivity index (χ2n) is 2.98. The molecule has 0 spiro atoms. The normalized spacial score (nSPS) is 10.2. The Labute approximate surface area is 82.3 Å². The molecule has 0 atom stereocenters. The Morgan fingerprint density at radius 1 is 1.25 bits per heavy atom. The number of benzene rings is 1. The van der Waals surface area contributed by atoms with Gasteiger partial charge in [-0.3, -0.25) is 0 Å². The second-order valence-corrected chi connectivity index (χ2v) is 3.54. The zero-order valence-electron chi connectivity index (χ0n) is 7.52. The number of aryl methyl sites for hydroxylation is 2. The highest BCUT2D eigenvalue weighted by Crippen LogP contribution is 2.09. The van der Waals surface area contributed by atoms with Gasteiger partial charge in [0.25, 0.3) is 0 Å². The molecule has 0 radical (unpaired) electrons. The second kappa shape index (κ2) is 4.63. The molecular formula is C10H14BrN. The fraction of sp³-hybridized carbons (Fsp3) is 0.400. The first-order valence-corrected chi connectivity index (χ1v) is 5.19. The van der Waals surface area contributed by atoms with E-state index in [0.717, 1.165) is 12.0 Å². The smallest absolute Gasteiger partial charge is 0.0519 e. The molecule has 0 fully saturated rings. The Bertz CT molecular complexity index is 258. The summed E-state index contributed by atoms with van der Waals surface area (Å²) >= 11 is 3.33. The van der Waals surface area contributed by atoms with E-state index < -0.39 is 0 Å². The minimum atomic E-state index is 0.847. The largest absolute Gasteiger partial charge is 0.303 e. The minimum Gasteiger partial charge on any atom is -0.303 e. The molecule has 0 bridgehead atoms. The van der Waals surface area contributed by atoms with Gasteiger partial charge < -0.3 is 5.32 Å². The first kappa shape index (κ1) is 9.75. The van der Waals surface area contributed by atoms with Crippen molar-refractivity contribution < 1.29 is 0 Å². The molecule has 2 heteroatoms. The number of hydrogen-bond acceptors (Lipinski definition) is 1. The SMILES string of the molecule is Cc1ccc(CNCBr)cc1C. The van der Waals surface area contributed by atoms with Crippen molar-refractivity contribution in [3.63, 3.8) is 0 Å². The van der Waals surface area contributed by atoms with Crippen LogP contribution < -0.4 is 5.32 Å². The van der Waals surface area contributed by atoms with Gasteiger partial charge in [-0.2, -0.15) is 0 Å². The third-order valence-electron chi connectivity index (χ3n) is 1.99. The van der Waals surface area contributed by atoms with Crippen LogP contribution in [-0.2, 0) is 6.54 Å². The third kappa shape index (κ3) is 2.61. The molecule has 66 valence electrons. The highest BCUT2D eigenvalue weighted by atomic mass is 79.9. The van der Waals surface area contributed by atoms with Crippen molar-refractivity contribution >= 4 is 15.9 Å². The summed E-state index contributed by atoms with van der Waals surface area (Å²) in [6.07, 6.45) is 0. The molecular weight excluding hydrogens is 214 g/mol. The average Bonchev–Trinajstić information content (AvgIpc) is 2.07. The maximum absolute atomic E-state index is 3.33. The molecule has 1 N–H and O–H groups in total. The molecule has 1 aromatic rings. The maximum atomic E-state index is 3.33. The maximum Gasteiger partial charge on any atom is 0.0519 e. The van der Waals surface area contributed by atoms with E-state index in [1.165, 1.54) is 16.7 Å². The minimum absolute atomic E-state index is 0.847. The lowest BCUT2D eigenvalue weighted by atomic mass is 10.1. The topological polar surface area (TPSA) is 12.0 Å². The third-order valence-corrected chi connectivity index (χ3v) is 2.39. The molecule has 0 saturated carbocycles. The Hall–Kier alpha value is -0.340. The summed E-state index contributed by atoms with van der Waals surface area (Å²) in [5, 5.41) is 3.23. The molecule has 1 aromatic carbocycles. The van der Waals surface area contributed by atoms with Crippen LogP contribution in [0, 0.1) is 13.8 Å². The first-order valence-electron chi connectivity index (χ1n) is 4.07. The summed E-state index contributed by atoms with van der Waals surface area (Å²) in [5.41, 5.74) is 4.92. The van der Waals surface area contributed by atoms with Crippen molar-refractivity contribution in [3.8, 4) is 0 Å². The first-order chi connectivity index (χ1) is 5.74. The molecule has 0 aliphatic heterocycles. The molecule has 0 unspecified atom stereocenters. The van der Waals surface area contributed by atoms with Crippen molar-refractivity contribution in [3.05, 3.63) is 34.9 Å². The number of rotatable bonds is 3. The number of alkyl halides is 1. The van der Waals surface area contributed by atoms with Crippen LogP contribution in [0.15, 0.2) is 18.2 Å². The van der Waals surface area contributed by atoms with Gasteiger partial charge in [0.1, 0.15) is 0 Å².